The standard InChI is InChI=1S/C22H18F2N2Si.C18H15B/c23-18-6-4-10-21(14-18)27(17-26-13-12-25-16-26,20-8-2-1-3-9-20)22-11-5-7-19(24)15-22;1-4-10-16(11-5-1)19(17-12-6-2-7-13-17)18-14-8-3-9-15-18/h1-16H,17H2;1-15H. The van der Waals surface area contributed by atoms with Crippen molar-refractivity contribution in [3.8, 4) is 0 Å². The summed E-state index contributed by atoms with van der Waals surface area (Å²) in [5.41, 5.74) is 4.00. The summed E-state index contributed by atoms with van der Waals surface area (Å²) in [6.45, 7) is 0.309. The second-order valence-corrected chi connectivity index (χ2v) is 15.1. The fourth-order valence-electron chi connectivity index (χ4n) is 6.17. The van der Waals surface area contributed by atoms with E-state index in [-0.39, 0.29) is 11.6 Å². The van der Waals surface area contributed by atoms with Crippen molar-refractivity contribution in [3.05, 3.63) is 200 Å². The number of nitrogens with zero attached hydrogens (tertiary/aromatic N) is 2. The van der Waals surface area contributed by atoms with E-state index in [9.17, 15) is 8.78 Å². The normalized spacial score (nSPS) is 10.9. The summed E-state index contributed by atoms with van der Waals surface area (Å²) in [6, 6.07) is 55.4. The molecule has 224 valence electrons. The van der Waals surface area contributed by atoms with Crippen molar-refractivity contribution in [1.29, 1.82) is 0 Å². The monoisotopic (exact) mass is 618 g/mol. The van der Waals surface area contributed by atoms with Crippen molar-refractivity contribution in [2.75, 3.05) is 0 Å². The summed E-state index contributed by atoms with van der Waals surface area (Å²) < 4.78 is 30.4. The van der Waals surface area contributed by atoms with Crippen LogP contribution in [0.15, 0.2) is 189 Å². The zero-order valence-electron chi connectivity index (χ0n) is 25.3. The van der Waals surface area contributed by atoms with E-state index >= 15 is 0 Å². The van der Waals surface area contributed by atoms with Crippen LogP contribution in [0.2, 0.25) is 0 Å². The van der Waals surface area contributed by atoms with Gasteiger partial charge < -0.3 is 4.57 Å². The zero-order chi connectivity index (χ0) is 31.6. The molecule has 0 aliphatic rings. The van der Waals surface area contributed by atoms with Crippen LogP contribution in [-0.2, 0) is 6.17 Å². The molecule has 7 rings (SSSR count). The van der Waals surface area contributed by atoms with E-state index in [0.717, 1.165) is 15.6 Å². The van der Waals surface area contributed by atoms with Gasteiger partial charge in [0, 0.05) is 18.6 Å². The molecule has 0 N–H and O–H groups in total. The number of halogens is 2. The maximum absolute atomic E-state index is 14.2. The predicted octanol–water partition coefficient (Wildman–Crippen LogP) is 5.07. The highest BCUT2D eigenvalue weighted by Gasteiger charge is 2.40. The Kier molecular flexibility index (Phi) is 9.76. The predicted molar refractivity (Wildman–Crippen MR) is 190 cm³/mol. The van der Waals surface area contributed by atoms with E-state index in [1.54, 1.807) is 36.8 Å². The third-order valence-electron chi connectivity index (χ3n) is 8.28. The zero-order valence-corrected chi connectivity index (χ0v) is 26.3. The first-order valence-electron chi connectivity index (χ1n) is 15.3. The Bertz CT molecular complexity index is 1800. The lowest BCUT2D eigenvalue weighted by Gasteiger charge is -2.34. The average Bonchev–Trinajstić information content (AvgIpc) is 3.63. The van der Waals surface area contributed by atoms with E-state index in [4.69, 9.17) is 0 Å². The minimum atomic E-state index is -2.75. The molecule has 6 heteroatoms. The number of benzene rings is 6. The van der Waals surface area contributed by atoms with Gasteiger partial charge in [-0.25, -0.2) is 13.8 Å². The van der Waals surface area contributed by atoms with Crippen LogP contribution in [0.3, 0.4) is 0 Å². The molecule has 0 unspecified atom stereocenters. The molecule has 1 heterocycles. The Morgan fingerprint density at radius 1 is 0.500 bits per heavy atom. The molecule has 0 fully saturated rings. The average molecular weight is 619 g/mol. The van der Waals surface area contributed by atoms with Gasteiger partial charge >= 0.3 is 0 Å². The van der Waals surface area contributed by atoms with Crippen LogP contribution in [-0.4, -0.2) is 24.3 Å². The Balaban J connectivity index is 0.000000172. The molecule has 7 aromatic rings. The van der Waals surface area contributed by atoms with Crippen LogP contribution >= 0.6 is 0 Å². The van der Waals surface area contributed by atoms with Gasteiger partial charge in [-0.05, 0) is 39.8 Å². The first kappa shape index (κ1) is 30.7. The minimum Gasteiger partial charge on any atom is -0.339 e. The van der Waals surface area contributed by atoms with Crippen LogP contribution < -0.4 is 31.9 Å². The van der Waals surface area contributed by atoms with Gasteiger partial charge in [0.1, 0.15) is 11.6 Å². The van der Waals surface area contributed by atoms with E-state index in [1.165, 1.54) is 28.5 Å². The molecule has 0 saturated heterocycles. The summed E-state index contributed by atoms with van der Waals surface area (Å²) in [6.07, 6.45) is 5.97. The van der Waals surface area contributed by atoms with Crippen molar-refractivity contribution < 1.29 is 8.78 Å². The molecular formula is C40H33BF2N2Si. The molecule has 0 aliphatic carbocycles. The summed E-state index contributed by atoms with van der Waals surface area (Å²) >= 11 is 0. The second kappa shape index (κ2) is 14.6. The Morgan fingerprint density at radius 2 is 0.913 bits per heavy atom. The Morgan fingerprint density at radius 3 is 1.30 bits per heavy atom. The maximum Gasteiger partial charge on any atom is 0.241 e. The van der Waals surface area contributed by atoms with Gasteiger partial charge in [0.2, 0.25) is 6.71 Å². The fourth-order valence-corrected chi connectivity index (χ4v) is 10.7. The summed E-state index contributed by atoms with van der Waals surface area (Å²) in [5, 5.41) is 2.89. The highest BCUT2D eigenvalue weighted by atomic mass is 28.3. The van der Waals surface area contributed by atoms with Gasteiger partial charge in [-0.15, -0.1) is 0 Å². The molecule has 0 atom stereocenters. The first-order valence-corrected chi connectivity index (χ1v) is 17.5. The lowest BCUT2D eigenvalue weighted by atomic mass is 9.37. The second-order valence-electron chi connectivity index (χ2n) is 11.2. The molecule has 0 aliphatic heterocycles. The fraction of sp³-hybridized carbons (Fsp3) is 0.0250. The lowest BCUT2D eigenvalue weighted by molar-refractivity contribution is 0.628. The minimum absolute atomic E-state index is 0.289. The highest BCUT2D eigenvalue weighted by molar-refractivity contribution is 7.10. The van der Waals surface area contributed by atoms with Crippen molar-refractivity contribution >= 4 is 46.7 Å². The van der Waals surface area contributed by atoms with Crippen molar-refractivity contribution in [2.24, 2.45) is 0 Å². The van der Waals surface area contributed by atoms with Crippen LogP contribution in [0, 0.1) is 11.6 Å². The van der Waals surface area contributed by atoms with Crippen molar-refractivity contribution in [2.45, 2.75) is 6.17 Å². The SMILES string of the molecule is Fc1cccc([Si](Cn2ccnc2)(c2ccccc2)c2cccc(F)c2)c1.c1ccc(B(c2ccccc2)c2ccccc2)cc1. The van der Waals surface area contributed by atoms with Gasteiger partial charge in [-0.1, -0.05) is 162 Å². The van der Waals surface area contributed by atoms with Crippen LogP contribution in [0.25, 0.3) is 0 Å². The van der Waals surface area contributed by atoms with Crippen molar-refractivity contribution in [1.82, 2.24) is 9.55 Å². The molecule has 0 radical (unpaired) electrons. The third kappa shape index (κ3) is 6.98. The van der Waals surface area contributed by atoms with Gasteiger partial charge in [-0.3, -0.25) is 0 Å². The number of imidazole rings is 1. The molecule has 0 saturated carbocycles. The van der Waals surface area contributed by atoms with E-state index in [2.05, 4.69) is 108 Å². The Labute approximate surface area is 270 Å². The topological polar surface area (TPSA) is 17.8 Å². The Hall–Kier alpha value is -5.33. The molecule has 0 bridgehead atoms. The summed E-state index contributed by atoms with van der Waals surface area (Å²) in [4.78, 5) is 4.16. The van der Waals surface area contributed by atoms with Crippen LogP contribution in [0.1, 0.15) is 0 Å². The smallest absolute Gasteiger partial charge is 0.241 e. The lowest BCUT2D eigenvalue weighted by Crippen LogP contribution is -2.69. The van der Waals surface area contributed by atoms with Crippen LogP contribution in [0.4, 0.5) is 8.78 Å². The quantitative estimate of drug-likeness (QED) is 0.172. The molecule has 0 amide bonds. The summed E-state index contributed by atoms with van der Waals surface area (Å²) in [7, 11) is -2.75. The molecule has 1 aromatic heterocycles. The van der Waals surface area contributed by atoms with Gasteiger partial charge in [0.25, 0.3) is 0 Å². The van der Waals surface area contributed by atoms with Gasteiger partial charge in [-0.2, -0.15) is 0 Å². The van der Waals surface area contributed by atoms with E-state index in [1.807, 2.05) is 41.1 Å². The molecule has 6 aromatic carbocycles. The molecule has 46 heavy (non-hydrogen) atoms. The number of hydrogen-bond donors (Lipinski definition) is 0. The number of hydrogen-bond acceptors (Lipinski definition) is 1. The largest absolute Gasteiger partial charge is 0.339 e. The number of rotatable bonds is 8. The van der Waals surface area contributed by atoms with Gasteiger partial charge in [0.15, 0.2) is 8.07 Å². The van der Waals surface area contributed by atoms with E-state index < -0.39 is 8.07 Å². The van der Waals surface area contributed by atoms with Crippen LogP contribution in [0.5, 0.6) is 0 Å². The van der Waals surface area contributed by atoms with Gasteiger partial charge in [0.05, 0.1) is 6.33 Å². The first-order chi connectivity index (χ1) is 22.6. The number of aromatic nitrogens is 2. The van der Waals surface area contributed by atoms with E-state index in [0.29, 0.717) is 12.9 Å². The molecule has 2 nitrogen and oxygen atoms in total. The molecular weight excluding hydrogens is 585 g/mol. The third-order valence-corrected chi connectivity index (χ3v) is 13.0. The highest BCUT2D eigenvalue weighted by Crippen LogP contribution is 2.13. The maximum atomic E-state index is 14.2. The van der Waals surface area contributed by atoms with Crippen molar-refractivity contribution in [3.63, 3.8) is 0 Å². The summed E-state index contributed by atoms with van der Waals surface area (Å²) in [5.74, 6) is -0.579. The molecule has 0 spiro atoms.